The van der Waals surface area contributed by atoms with Gasteiger partial charge in [-0.1, -0.05) is 59.3 Å². The van der Waals surface area contributed by atoms with E-state index in [-0.39, 0.29) is 34.4 Å². The van der Waals surface area contributed by atoms with Gasteiger partial charge < -0.3 is 9.84 Å². The molecule has 1 aliphatic heterocycles. The van der Waals surface area contributed by atoms with Crippen molar-refractivity contribution in [2.24, 2.45) is 45.3 Å². The molecular weight excluding hydrogens is 408 g/mol. The van der Waals surface area contributed by atoms with Crippen molar-refractivity contribution in [3.05, 3.63) is 23.3 Å². The van der Waals surface area contributed by atoms with E-state index >= 15 is 0 Å². The van der Waals surface area contributed by atoms with Gasteiger partial charge in [-0.25, -0.2) is 4.79 Å². The number of ether oxygens (including phenoxy) is 1. The average Bonchev–Trinajstić information content (AvgIpc) is 3.04. The van der Waals surface area contributed by atoms with Gasteiger partial charge in [-0.3, -0.25) is 0 Å². The fourth-order valence-electron chi connectivity index (χ4n) is 9.84. The molecular formula is C30H46O3. The molecule has 3 heteroatoms. The van der Waals surface area contributed by atoms with Crippen LogP contribution in [-0.2, 0) is 9.53 Å². The summed E-state index contributed by atoms with van der Waals surface area (Å²) in [4.78, 5) is 12.3. The van der Waals surface area contributed by atoms with E-state index in [1.54, 1.807) is 5.57 Å². The summed E-state index contributed by atoms with van der Waals surface area (Å²) in [7, 11) is 0. The minimum absolute atomic E-state index is 0.0102. The van der Waals surface area contributed by atoms with Crippen LogP contribution in [0, 0.1) is 45.3 Å². The third kappa shape index (κ3) is 3.06. The number of aliphatic hydroxyl groups is 1. The van der Waals surface area contributed by atoms with Crippen LogP contribution in [0.1, 0.15) is 99.8 Å². The van der Waals surface area contributed by atoms with E-state index in [2.05, 4.69) is 53.7 Å². The largest absolute Gasteiger partial charge is 0.458 e. The van der Waals surface area contributed by atoms with Crippen LogP contribution in [0.5, 0.6) is 0 Å². The minimum atomic E-state index is -0.176. The zero-order valence-corrected chi connectivity index (χ0v) is 22.0. The zero-order valence-electron chi connectivity index (χ0n) is 22.0. The van der Waals surface area contributed by atoms with E-state index in [1.165, 1.54) is 25.7 Å². The Bertz CT molecular complexity index is 898. The van der Waals surface area contributed by atoms with Crippen molar-refractivity contribution in [1.29, 1.82) is 0 Å². The highest BCUT2D eigenvalue weighted by Crippen LogP contribution is 2.73. The summed E-state index contributed by atoms with van der Waals surface area (Å²) in [5, 5.41) is 10.8. The highest BCUT2D eigenvalue weighted by Gasteiger charge is 2.65. The Morgan fingerprint density at radius 3 is 2.42 bits per heavy atom. The summed E-state index contributed by atoms with van der Waals surface area (Å²) in [6, 6.07) is 0. The van der Waals surface area contributed by atoms with Gasteiger partial charge in [-0.05, 0) is 97.2 Å². The molecule has 5 rings (SSSR count). The van der Waals surface area contributed by atoms with Gasteiger partial charge in [0.25, 0.3) is 0 Å². The molecule has 0 aromatic carbocycles. The molecule has 9 atom stereocenters. The van der Waals surface area contributed by atoms with Crippen molar-refractivity contribution in [2.45, 2.75) is 112 Å². The van der Waals surface area contributed by atoms with Crippen LogP contribution >= 0.6 is 0 Å². The first-order valence-electron chi connectivity index (χ1n) is 13.6. The molecule has 4 aliphatic carbocycles. The lowest BCUT2D eigenvalue weighted by Crippen LogP contribution is -2.57. The first-order chi connectivity index (χ1) is 15.4. The van der Waals surface area contributed by atoms with Gasteiger partial charge in [0, 0.05) is 12.0 Å². The van der Waals surface area contributed by atoms with E-state index < -0.39 is 0 Å². The average molecular weight is 455 g/mol. The Hall–Kier alpha value is -1.09. The molecule has 184 valence electrons. The summed E-state index contributed by atoms with van der Waals surface area (Å²) in [6.07, 6.45) is 13.7. The lowest BCUT2D eigenvalue weighted by molar-refractivity contribution is -0.151. The maximum absolute atomic E-state index is 12.3. The second-order valence-corrected chi connectivity index (χ2v) is 13.7. The van der Waals surface area contributed by atoms with Crippen LogP contribution < -0.4 is 0 Å². The molecule has 1 heterocycles. The third-order valence-corrected chi connectivity index (χ3v) is 12.3. The van der Waals surface area contributed by atoms with Crippen LogP contribution in [0.2, 0.25) is 0 Å². The van der Waals surface area contributed by atoms with Crippen LogP contribution in [0.4, 0.5) is 0 Å². The summed E-state index contributed by atoms with van der Waals surface area (Å²) in [5.74, 6) is 2.06. The smallest absolute Gasteiger partial charge is 0.333 e. The Morgan fingerprint density at radius 1 is 1.00 bits per heavy atom. The van der Waals surface area contributed by atoms with Gasteiger partial charge in [0.1, 0.15) is 6.10 Å². The van der Waals surface area contributed by atoms with E-state index in [4.69, 9.17) is 4.74 Å². The summed E-state index contributed by atoms with van der Waals surface area (Å²) >= 11 is 0. The maximum Gasteiger partial charge on any atom is 0.333 e. The van der Waals surface area contributed by atoms with Crippen LogP contribution in [0.3, 0.4) is 0 Å². The Labute approximate surface area is 201 Å². The van der Waals surface area contributed by atoms with Crippen molar-refractivity contribution in [2.75, 3.05) is 0 Å². The molecule has 1 N–H and O–H groups in total. The monoisotopic (exact) mass is 454 g/mol. The normalized spacial score (nSPS) is 49.7. The third-order valence-electron chi connectivity index (χ3n) is 12.3. The minimum Gasteiger partial charge on any atom is -0.458 e. The SMILES string of the molecule is CC1=CC[C@@H]([C@H](C)[C@H]2CC[C@@]3(C)[C@@H]4CC[C@@H]5C(C)(C)[C@@H](O)CC[C@]5(C)C4=CC[C@]23C)OC1=O. The van der Waals surface area contributed by atoms with Crippen molar-refractivity contribution < 1.29 is 14.6 Å². The number of cyclic esters (lactones) is 1. The molecule has 0 bridgehead atoms. The zero-order chi connectivity index (χ0) is 24.0. The number of carbonyl (C=O) groups is 1. The molecule has 0 saturated heterocycles. The van der Waals surface area contributed by atoms with Crippen molar-refractivity contribution in [1.82, 2.24) is 0 Å². The molecule has 0 aromatic rings. The topological polar surface area (TPSA) is 46.5 Å². The number of carbonyl (C=O) groups excluding carboxylic acids is 1. The van der Waals surface area contributed by atoms with Gasteiger partial charge in [-0.15, -0.1) is 0 Å². The van der Waals surface area contributed by atoms with Gasteiger partial charge in [0.2, 0.25) is 0 Å². The molecule has 33 heavy (non-hydrogen) atoms. The Morgan fingerprint density at radius 2 is 1.73 bits per heavy atom. The fourth-order valence-corrected chi connectivity index (χ4v) is 9.84. The number of rotatable bonds is 2. The van der Waals surface area contributed by atoms with Crippen LogP contribution in [-0.4, -0.2) is 23.3 Å². The highest BCUT2D eigenvalue weighted by molar-refractivity contribution is 5.88. The lowest BCUT2D eigenvalue weighted by Gasteiger charge is -2.64. The van der Waals surface area contributed by atoms with E-state index in [0.29, 0.717) is 29.1 Å². The maximum atomic E-state index is 12.3. The molecule has 0 unspecified atom stereocenters. The number of esters is 1. The predicted octanol–water partition coefficient (Wildman–Crippen LogP) is 6.85. The van der Waals surface area contributed by atoms with E-state index in [9.17, 15) is 9.90 Å². The second kappa shape index (κ2) is 7.45. The van der Waals surface area contributed by atoms with E-state index in [0.717, 1.165) is 31.3 Å². The molecule has 0 radical (unpaired) electrons. The Balaban J connectivity index is 1.46. The first-order valence-corrected chi connectivity index (χ1v) is 13.6. The number of aliphatic hydroxyl groups excluding tert-OH is 1. The molecule has 3 fully saturated rings. The van der Waals surface area contributed by atoms with E-state index in [1.807, 2.05) is 6.92 Å². The first kappa shape index (κ1) is 23.6. The molecule has 3 saturated carbocycles. The van der Waals surface area contributed by atoms with Crippen molar-refractivity contribution in [3.63, 3.8) is 0 Å². The quantitative estimate of drug-likeness (QED) is 0.366. The fraction of sp³-hybridized carbons (Fsp3) is 0.833. The summed E-state index contributed by atoms with van der Waals surface area (Å²) < 4.78 is 5.91. The van der Waals surface area contributed by atoms with Gasteiger partial charge in [-0.2, -0.15) is 0 Å². The van der Waals surface area contributed by atoms with Crippen molar-refractivity contribution in [3.8, 4) is 0 Å². The van der Waals surface area contributed by atoms with Gasteiger partial charge in [0.05, 0.1) is 6.10 Å². The lowest BCUT2D eigenvalue weighted by atomic mass is 9.41. The second-order valence-electron chi connectivity index (χ2n) is 13.7. The molecule has 0 aromatic heterocycles. The molecule has 0 amide bonds. The number of fused-ring (bicyclic) bond motifs is 5. The molecule has 5 aliphatic rings. The standard InChI is InChI=1S/C30H46O3/c1-18-8-10-23(33-26(18)32)19(2)20-12-16-30(7)22-9-11-24-27(3,4)25(31)14-15-28(24,5)21(22)13-17-29(20,30)6/h8,13,19-20,22-25,31H,9-12,14-17H2,1-7H3/t19-,20-,22-,23+,24-,25+,28-,29-,30+/m1/s1. The molecule has 3 nitrogen and oxygen atoms in total. The van der Waals surface area contributed by atoms with Crippen LogP contribution in [0.25, 0.3) is 0 Å². The summed E-state index contributed by atoms with van der Waals surface area (Å²) in [6.45, 7) is 16.5. The number of hydrogen-bond acceptors (Lipinski definition) is 3. The van der Waals surface area contributed by atoms with Gasteiger partial charge >= 0.3 is 5.97 Å². The predicted molar refractivity (Wildman–Crippen MR) is 132 cm³/mol. The summed E-state index contributed by atoms with van der Waals surface area (Å²) in [5.41, 5.74) is 3.25. The van der Waals surface area contributed by atoms with Gasteiger partial charge in [0.15, 0.2) is 0 Å². The highest BCUT2D eigenvalue weighted by atomic mass is 16.5. The van der Waals surface area contributed by atoms with Crippen LogP contribution in [0.15, 0.2) is 23.3 Å². The number of hydrogen-bond donors (Lipinski definition) is 1. The Kier molecular flexibility index (Phi) is 5.34. The number of allylic oxidation sites excluding steroid dienone is 2. The molecule has 0 spiro atoms. The van der Waals surface area contributed by atoms with Crippen molar-refractivity contribution >= 4 is 5.97 Å².